The maximum Gasteiger partial charge on any atom is 0.258 e. The van der Waals surface area contributed by atoms with Gasteiger partial charge in [-0.15, -0.1) is 0 Å². The number of carbonyl (C=O) groups excluding carboxylic acids is 2. The van der Waals surface area contributed by atoms with E-state index >= 15 is 0 Å². The highest BCUT2D eigenvalue weighted by Crippen LogP contribution is 2.24. The summed E-state index contributed by atoms with van der Waals surface area (Å²) >= 11 is 5.92. The highest BCUT2D eigenvalue weighted by atomic mass is 35.5. The molecule has 0 saturated carbocycles. The second kappa shape index (κ2) is 9.39. The minimum absolute atomic E-state index is 0.0789. The van der Waals surface area contributed by atoms with Crippen molar-refractivity contribution in [1.82, 2.24) is 5.32 Å². The molecule has 0 heterocycles. The highest BCUT2D eigenvalue weighted by molar-refractivity contribution is 6.31. The van der Waals surface area contributed by atoms with Gasteiger partial charge < -0.3 is 10.1 Å². The molecule has 138 valence electrons. The molecule has 1 N–H and O–H groups in total. The van der Waals surface area contributed by atoms with Gasteiger partial charge in [0.05, 0.1) is 11.6 Å². The second-order valence-corrected chi connectivity index (χ2v) is 7.08. The molecule has 2 aromatic rings. The molecule has 5 heteroatoms. The Labute approximate surface area is 159 Å². The predicted octanol–water partition coefficient (Wildman–Crippen LogP) is 4.83. The summed E-state index contributed by atoms with van der Waals surface area (Å²) in [5, 5.41) is 3.47. The van der Waals surface area contributed by atoms with Crippen molar-refractivity contribution in [2.75, 3.05) is 6.61 Å². The van der Waals surface area contributed by atoms with Crippen molar-refractivity contribution in [3.8, 4) is 5.75 Å². The lowest BCUT2D eigenvalue weighted by atomic mass is 9.97. The number of benzene rings is 2. The van der Waals surface area contributed by atoms with Crippen molar-refractivity contribution in [3.63, 3.8) is 0 Å². The summed E-state index contributed by atoms with van der Waals surface area (Å²) in [7, 11) is 0. The predicted molar refractivity (Wildman–Crippen MR) is 104 cm³/mol. The van der Waals surface area contributed by atoms with Gasteiger partial charge in [0.15, 0.2) is 12.4 Å². The van der Waals surface area contributed by atoms with E-state index in [0.717, 1.165) is 12.0 Å². The van der Waals surface area contributed by atoms with Gasteiger partial charge in [-0.2, -0.15) is 0 Å². The molecule has 26 heavy (non-hydrogen) atoms. The second-order valence-electron chi connectivity index (χ2n) is 6.65. The van der Waals surface area contributed by atoms with E-state index in [4.69, 9.17) is 16.3 Å². The van der Waals surface area contributed by atoms with Crippen molar-refractivity contribution < 1.29 is 14.3 Å². The number of carbonyl (C=O) groups is 2. The van der Waals surface area contributed by atoms with Crippen LogP contribution in [-0.2, 0) is 4.79 Å². The molecule has 0 saturated heterocycles. The largest absolute Gasteiger partial charge is 0.483 e. The summed E-state index contributed by atoms with van der Waals surface area (Å²) < 4.78 is 5.57. The van der Waals surface area contributed by atoms with Crippen molar-refractivity contribution in [2.45, 2.75) is 33.2 Å². The number of ketones is 1. The van der Waals surface area contributed by atoms with E-state index < -0.39 is 0 Å². The van der Waals surface area contributed by atoms with Gasteiger partial charge in [-0.25, -0.2) is 0 Å². The summed E-state index contributed by atoms with van der Waals surface area (Å²) in [6.45, 7) is 5.51. The first-order chi connectivity index (χ1) is 12.4. The molecule has 2 aromatic carbocycles. The van der Waals surface area contributed by atoms with E-state index in [1.165, 1.54) is 6.92 Å². The first-order valence-electron chi connectivity index (χ1n) is 8.64. The fourth-order valence-electron chi connectivity index (χ4n) is 2.72. The van der Waals surface area contributed by atoms with E-state index in [0.29, 0.717) is 22.3 Å². The van der Waals surface area contributed by atoms with Gasteiger partial charge in [-0.3, -0.25) is 9.59 Å². The minimum Gasteiger partial charge on any atom is -0.483 e. The van der Waals surface area contributed by atoms with Crippen LogP contribution in [0.15, 0.2) is 48.5 Å². The van der Waals surface area contributed by atoms with Crippen LogP contribution in [0.25, 0.3) is 0 Å². The van der Waals surface area contributed by atoms with E-state index in [1.807, 2.05) is 30.3 Å². The Hall–Kier alpha value is -2.33. The maximum absolute atomic E-state index is 12.4. The summed E-state index contributed by atoms with van der Waals surface area (Å²) in [5.74, 6) is 0.396. The number of nitrogens with one attached hydrogen (secondary N) is 1. The normalized spacial score (nSPS) is 11.9. The number of Topliss-reactive ketones (excluding diaryl/α,β-unsaturated/α-hetero) is 1. The van der Waals surface area contributed by atoms with Crippen LogP contribution in [0.4, 0.5) is 0 Å². The van der Waals surface area contributed by atoms with Crippen LogP contribution in [0, 0.1) is 5.92 Å². The molecule has 0 spiro atoms. The molecule has 4 nitrogen and oxygen atoms in total. The van der Waals surface area contributed by atoms with E-state index in [1.54, 1.807) is 18.2 Å². The fraction of sp³-hybridized carbons (Fsp3) is 0.333. The zero-order valence-corrected chi connectivity index (χ0v) is 16.0. The van der Waals surface area contributed by atoms with Crippen molar-refractivity contribution in [3.05, 3.63) is 64.7 Å². The maximum atomic E-state index is 12.4. The van der Waals surface area contributed by atoms with Gasteiger partial charge in [-0.05, 0) is 43.0 Å². The third kappa shape index (κ3) is 5.88. The molecule has 0 fully saturated rings. The number of hydrogen-bond donors (Lipinski definition) is 1. The molecule has 0 aromatic heterocycles. The molecule has 0 aliphatic heterocycles. The zero-order chi connectivity index (χ0) is 19.1. The molecule has 0 radical (unpaired) electrons. The number of rotatable bonds is 8. The average Bonchev–Trinajstić information content (AvgIpc) is 2.60. The Balaban J connectivity index is 2.04. The molecule has 1 atom stereocenters. The Morgan fingerprint density at radius 2 is 1.81 bits per heavy atom. The van der Waals surface area contributed by atoms with Crippen LogP contribution in [0.1, 0.15) is 49.2 Å². The number of ether oxygens (including phenoxy) is 1. The Morgan fingerprint density at radius 3 is 2.42 bits per heavy atom. The van der Waals surface area contributed by atoms with Gasteiger partial charge in [0.25, 0.3) is 5.91 Å². The van der Waals surface area contributed by atoms with Crippen molar-refractivity contribution in [1.29, 1.82) is 0 Å². The SMILES string of the molecule is CC(=O)c1cc(Cl)ccc1OCC(=O)N[C@H](CC(C)C)c1ccccc1. The third-order valence-electron chi connectivity index (χ3n) is 3.92. The highest BCUT2D eigenvalue weighted by Gasteiger charge is 2.17. The lowest BCUT2D eigenvalue weighted by Gasteiger charge is -2.21. The molecule has 0 aliphatic carbocycles. The van der Waals surface area contributed by atoms with Crippen LogP contribution in [0.5, 0.6) is 5.75 Å². The molecular formula is C21H24ClNO3. The molecule has 2 rings (SSSR count). The van der Waals surface area contributed by atoms with Gasteiger partial charge in [0, 0.05) is 5.02 Å². The first-order valence-corrected chi connectivity index (χ1v) is 9.02. The van der Waals surface area contributed by atoms with Crippen LogP contribution < -0.4 is 10.1 Å². The van der Waals surface area contributed by atoms with Crippen LogP contribution in [0.3, 0.4) is 0 Å². The summed E-state index contributed by atoms with van der Waals surface area (Å²) in [5.41, 5.74) is 1.43. The zero-order valence-electron chi connectivity index (χ0n) is 15.3. The average molecular weight is 374 g/mol. The monoisotopic (exact) mass is 373 g/mol. The quantitative estimate of drug-likeness (QED) is 0.674. The van der Waals surface area contributed by atoms with E-state index in [9.17, 15) is 9.59 Å². The number of amides is 1. The standard InChI is InChI=1S/C21H24ClNO3/c1-14(2)11-19(16-7-5-4-6-8-16)23-21(25)13-26-20-10-9-17(22)12-18(20)15(3)24/h4-10,12,14,19H,11,13H2,1-3H3,(H,23,25)/t19-/m1/s1. The van der Waals surface area contributed by atoms with E-state index in [2.05, 4.69) is 19.2 Å². The van der Waals surface area contributed by atoms with Crippen LogP contribution in [-0.4, -0.2) is 18.3 Å². The van der Waals surface area contributed by atoms with Gasteiger partial charge >= 0.3 is 0 Å². The smallest absolute Gasteiger partial charge is 0.258 e. The Kier molecular flexibility index (Phi) is 7.22. The lowest BCUT2D eigenvalue weighted by Crippen LogP contribution is -2.33. The molecule has 0 bridgehead atoms. The van der Waals surface area contributed by atoms with Gasteiger partial charge in [0.1, 0.15) is 5.75 Å². The first kappa shape index (κ1) is 20.0. The Bertz CT molecular complexity index is 759. The van der Waals surface area contributed by atoms with E-state index in [-0.39, 0.29) is 24.3 Å². The van der Waals surface area contributed by atoms with Crippen molar-refractivity contribution >= 4 is 23.3 Å². The summed E-state index contributed by atoms with van der Waals surface area (Å²) in [6, 6.07) is 14.6. The fourth-order valence-corrected chi connectivity index (χ4v) is 2.89. The molecular weight excluding hydrogens is 350 g/mol. The lowest BCUT2D eigenvalue weighted by molar-refractivity contribution is -0.124. The molecule has 0 unspecified atom stereocenters. The summed E-state index contributed by atoms with van der Waals surface area (Å²) in [6.07, 6.45) is 0.829. The Morgan fingerprint density at radius 1 is 1.12 bits per heavy atom. The van der Waals surface area contributed by atoms with Crippen LogP contribution in [0.2, 0.25) is 5.02 Å². The molecule has 0 aliphatic rings. The number of halogens is 1. The van der Waals surface area contributed by atoms with Gasteiger partial charge in [0.2, 0.25) is 0 Å². The molecule has 1 amide bonds. The van der Waals surface area contributed by atoms with Crippen molar-refractivity contribution in [2.24, 2.45) is 5.92 Å². The number of hydrogen-bond acceptors (Lipinski definition) is 3. The minimum atomic E-state index is -0.232. The van der Waals surface area contributed by atoms with Crippen LogP contribution >= 0.6 is 11.6 Å². The topological polar surface area (TPSA) is 55.4 Å². The van der Waals surface area contributed by atoms with Gasteiger partial charge in [-0.1, -0.05) is 55.8 Å². The third-order valence-corrected chi connectivity index (χ3v) is 4.16. The summed E-state index contributed by atoms with van der Waals surface area (Å²) in [4.78, 5) is 24.1.